The van der Waals surface area contributed by atoms with Gasteiger partial charge in [0.1, 0.15) is 0 Å². The van der Waals surface area contributed by atoms with Crippen LogP contribution in [0.15, 0.2) is 30.5 Å². The first-order valence-electron chi connectivity index (χ1n) is 10.8. The number of para-hydroxylation sites is 1. The van der Waals surface area contributed by atoms with Crippen LogP contribution in [-0.2, 0) is 0 Å². The number of hydrogen-bond acceptors (Lipinski definition) is 2. The van der Waals surface area contributed by atoms with Gasteiger partial charge in [0, 0.05) is 49.3 Å². The lowest BCUT2D eigenvalue weighted by Crippen LogP contribution is -2.48. The Kier molecular flexibility index (Phi) is 7.05. The molecular formula is C23H34ClN3O. The molecule has 0 bridgehead atoms. The van der Waals surface area contributed by atoms with Gasteiger partial charge >= 0.3 is 0 Å². The second-order valence-electron chi connectivity index (χ2n) is 8.33. The summed E-state index contributed by atoms with van der Waals surface area (Å²) in [6, 6.07) is 8.91. The first-order valence-corrected chi connectivity index (χ1v) is 10.8. The van der Waals surface area contributed by atoms with E-state index in [2.05, 4.69) is 53.8 Å². The minimum Gasteiger partial charge on any atom is -0.344 e. The van der Waals surface area contributed by atoms with Gasteiger partial charge in [-0.3, -0.25) is 4.79 Å². The van der Waals surface area contributed by atoms with Crippen LogP contribution < -0.4 is 0 Å². The van der Waals surface area contributed by atoms with Crippen LogP contribution in [0.25, 0.3) is 10.9 Å². The standard InChI is InChI=1S/C23H33N3O.ClH/c1-3-24-13-15-25(16-14-24)23(27)21-17-26(22-12-8-7-11-20(21)22)18(2)19-9-5-4-6-10-19;/h7-8,11-12,17-19H,3-6,9-10,13-16H2,1-2H3;1H. The maximum atomic E-state index is 13.3. The largest absolute Gasteiger partial charge is 0.344 e. The van der Waals surface area contributed by atoms with Gasteiger partial charge in [-0.05, 0) is 38.3 Å². The first kappa shape index (κ1) is 21.2. The van der Waals surface area contributed by atoms with Crippen LogP contribution in [0.5, 0.6) is 0 Å². The van der Waals surface area contributed by atoms with Crippen molar-refractivity contribution in [2.45, 2.75) is 52.0 Å². The molecule has 28 heavy (non-hydrogen) atoms. The SMILES string of the molecule is CCN1CCN(C(=O)c2cn(C(C)C3CCCCC3)c3ccccc23)CC1.Cl. The van der Waals surface area contributed by atoms with Crippen molar-refractivity contribution in [3.05, 3.63) is 36.0 Å². The Morgan fingerprint density at radius 1 is 1.07 bits per heavy atom. The average Bonchev–Trinajstić information content (AvgIpc) is 3.13. The number of halogens is 1. The van der Waals surface area contributed by atoms with Crippen LogP contribution in [0.1, 0.15) is 62.4 Å². The van der Waals surface area contributed by atoms with Gasteiger partial charge in [0.15, 0.2) is 0 Å². The number of hydrogen-bond donors (Lipinski definition) is 0. The summed E-state index contributed by atoms with van der Waals surface area (Å²) in [4.78, 5) is 17.8. The third-order valence-electron chi connectivity index (χ3n) is 6.85. The molecule has 154 valence electrons. The Balaban J connectivity index is 0.00000225. The molecule has 0 spiro atoms. The molecule has 4 nitrogen and oxygen atoms in total. The van der Waals surface area contributed by atoms with Crippen molar-refractivity contribution in [2.24, 2.45) is 5.92 Å². The summed E-state index contributed by atoms with van der Waals surface area (Å²) >= 11 is 0. The second-order valence-corrected chi connectivity index (χ2v) is 8.33. The van der Waals surface area contributed by atoms with E-state index in [4.69, 9.17) is 0 Å². The van der Waals surface area contributed by atoms with E-state index in [1.807, 2.05) is 4.90 Å². The van der Waals surface area contributed by atoms with E-state index in [-0.39, 0.29) is 18.3 Å². The highest BCUT2D eigenvalue weighted by Crippen LogP contribution is 2.36. The van der Waals surface area contributed by atoms with Crippen LogP contribution in [0.4, 0.5) is 0 Å². The van der Waals surface area contributed by atoms with Crippen LogP contribution >= 0.6 is 12.4 Å². The van der Waals surface area contributed by atoms with Crippen molar-refractivity contribution >= 4 is 29.2 Å². The predicted molar refractivity (Wildman–Crippen MR) is 118 cm³/mol. The number of piperazine rings is 1. The molecule has 1 saturated heterocycles. The Labute approximate surface area is 175 Å². The third kappa shape index (κ3) is 4.08. The number of likely N-dealkylation sites (N-methyl/N-ethyl adjacent to an activating group) is 1. The third-order valence-corrected chi connectivity index (χ3v) is 6.85. The van der Waals surface area contributed by atoms with Gasteiger partial charge in [-0.2, -0.15) is 0 Å². The van der Waals surface area contributed by atoms with Gasteiger partial charge in [-0.1, -0.05) is 44.4 Å². The second kappa shape index (κ2) is 9.32. The molecule has 1 saturated carbocycles. The minimum atomic E-state index is 0. The molecular weight excluding hydrogens is 370 g/mol. The number of rotatable bonds is 4. The van der Waals surface area contributed by atoms with Gasteiger partial charge in [0.25, 0.3) is 5.91 Å². The maximum absolute atomic E-state index is 13.3. The van der Waals surface area contributed by atoms with Gasteiger partial charge < -0.3 is 14.4 Å². The number of aromatic nitrogens is 1. The van der Waals surface area contributed by atoms with Gasteiger partial charge in [0.2, 0.25) is 0 Å². The molecule has 2 aliphatic rings. The Morgan fingerprint density at radius 3 is 2.43 bits per heavy atom. The summed E-state index contributed by atoms with van der Waals surface area (Å²) in [6.07, 6.45) is 8.86. The minimum absolute atomic E-state index is 0. The molecule has 1 unspecified atom stereocenters. The lowest BCUT2D eigenvalue weighted by molar-refractivity contribution is 0.0645. The zero-order valence-electron chi connectivity index (χ0n) is 17.3. The number of benzene rings is 1. The quantitative estimate of drug-likeness (QED) is 0.720. The number of carbonyl (C=O) groups is 1. The molecule has 2 aromatic rings. The highest BCUT2D eigenvalue weighted by molar-refractivity contribution is 6.07. The van der Waals surface area contributed by atoms with Crippen molar-refractivity contribution in [1.82, 2.24) is 14.4 Å². The maximum Gasteiger partial charge on any atom is 0.256 e. The molecule has 1 aromatic carbocycles. The molecule has 0 N–H and O–H groups in total. The Hall–Kier alpha value is -1.52. The van der Waals surface area contributed by atoms with Crippen molar-refractivity contribution in [3.8, 4) is 0 Å². The van der Waals surface area contributed by atoms with Crippen molar-refractivity contribution in [2.75, 3.05) is 32.7 Å². The van der Waals surface area contributed by atoms with E-state index < -0.39 is 0 Å². The predicted octanol–water partition coefficient (Wildman–Crippen LogP) is 4.98. The van der Waals surface area contributed by atoms with E-state index in [0.717, 1.165) is 49.6 Å². The van der Waals surface area contributed by atoms with E-state index in [9.17, 15) is 4.79 Å². The van der Waals surface area contributed by atoms with E-state index in [0.29, 0.717) is 6.04 Å². The fourth-order valence-electron chi connectivity index (χ4n) is 4.99. The summed E-state index contributed by atoms with van der Waals surface area (Å²) in [6.45, 7) is 9.25. The van der Waals surface area contributed by atoms with Crippen molar-refractivity contribution in [3.63, 3.8) is 0 Å². The molecule has 1 aromatic heterocycles. The lowest BCUT2D eigenvalue weighted by Gasteiger charge is -2.34. The summed E-state index contributed by atoms with van der Waals surface area (Å²) in [5, 5.41) is 1.11. The smallest absolute Gasteiger partial charge is 0.256 e. The zero-order chi connectivity index (χ0) is 18.8. The monoisotopic (exact) mass is 403 g/mol. The van der Waals surface area contributed by atoms with Gasteiger partial charge in [0.05, 0.1) is 5.56 Å². The first-order chi connectivity index (χ1) is 13.2. The number of amides is 1. The molecule has 0 radical (unpaired) electrons. The molecule has 1 atom stereocenters. The fourth-order valence-corrected chi connectivity index (χ4v) is 4.99. The number of nitrogens with zero attached hydrogens (tertiary/aromatic N) is 3. The molecule has 1 aliphatic carbocycles. The molecule has 1 aliphatic heterocycles. The molecule has 1 amide bonds. The average molecular weight is 404 g/mol. The van der Waals surface area contributed by atoms with Crippen LogP contribution in [0.3, 0.4) is 0 Å². The van der Waals surface area contributed by atoms with Gasteiger partial charge in [-0.25, -0.2) is 0 Å². The van der Waals surface area contributed by atoms with Crippen molar-refractivity contribution in [1.29, 1.82) is 0 Å². The summed E-state index contributed by atoms with van der Waals surface area (Å²) in [5.74, 6) is 0.933. The lowest BCUT2D eigenvalue weighted by atomic mass is 9.84. The van der Waals surface area contributed by atoms with Crippen LogP contribution in [0.2, 0.25) is 0 Å². The fraction of sp³-hybridized carbons (Fsp3) is 0.609. The topological polar surface area (TPSA) is 28.5 Å². The Morgan fingerprint density at radius 2 is 1.75 bits per heavy atom. The zero-order valence-corrected chi connectivity index (χ0v) is 18.1. The van der Waals surface area contributed by atoms with Crippen LogP contribution in [-0.4, -0.2) is 53.0 Å². The number of fused-ring (bicyclic) bond motifs is 1. The van der Waals surface area contributed by atoms with Crippen LogP contribution in [0, 0.1) is 5.92 Å². The number of carbonyl (C=O) groups excluding carboxylic acids is 1. The Bertz CT molecular complexity index is 788. The highest BCUT2D eigenvalue weighted by atomic mass is 35.5. The van der Waals surface area contributed by atoms with Gasteiger partial charge in [-0.15, -0.1) is 12.4 Å². The summed E-state index contributed by atoms with van der Waals surface area (Å²) in [7, 11) is 0. The van der Waals surface area contributed by atoms with E-state index >= 15 is 0 Å². The molecule has 5 heteroatoms. The van der Waals surface area contributed by atoms with Crippen molar-refractivity contribution < 1.29 is 4.79 Å². The normalized spacial score (nSPS) is 20.1. The summed E-state index contributed by atoms with van der Waals surface area (Å²) < 4.78 is 2.39. The molecule has 4 rings (SSSR count). The summed E-state index contributed by atoms with van der Waals surface area (Å²) in [5.41, 5.74) is 2.10. The molecule has 2 fully saturated rings. The van der Waals surface area contributed by atoms with E-state index in [1.165, 1.54) is 37.6 Å². The van der Waals surface area contributed by atoms with E-state index in [1.54, 1.807) is 0 Å². The molecule has 2 heterocycles. The highest BCUT2D eigenvalue weighted by Gasteiger charge is 2.27.